The van der Waals surface area contributed by atoms with Gasteiger partial charge < -0.3 is 25.5 Å². The summed E-state index contributed by atoms with van der Waals surface area (Å²) in [7, 11) is 0. The second-order valence-electron chi connectivity index (χ2n) is 5.11. The van der Waals surface area contributed by atoms with Crippen LogP contribution in [0.1, 0.15) is 40.0 Å². The molecule has 2 amide bonds. The van der Waals surface area contributed by atoms with Crippen LogP contribution in [0, 0.1) is 0 Å². The summed E-state index contributed by atoms with van der Waals surface area (Å²) in [5.74, 6) is -1.13. The maximum absolute atomic E-state index is 12.1. The first kappa shape index (κ1) is 18.7. The number of hydrogen-bond donors (Lipinski definition) is 4. The lowest BCUT2D eigenvalue weighted by atomic mass is 10.0. The molecule has 0 spiro atoms. The third-order valence-corrected chi connectivity index (χ3v) is 3.14. The lowest BCUT2D eigenvalue weighted by molar-refractivity contribution is -0.141. The highest BCUT2D eigenvalue weighted by molar-refractivity contribution is 5.75. The molecule has 0 saturated heterocycles. The molecule has 1 atom stereocenters. The van der Waals surface area contributed by atoms with Crippen molar-refractivity contribution in [2.24, 2.45) is 0 Å². The maximum Gasteiger partial charge on any atom is 0.317 e. The van der Waals surface area contributed by atoms with Gasteiger partial charge in [0.15, 0.2) is 0 Å². The predicted octanol–water partition coefficient (Wildman–Crippen LogP) is 0.405. The smallest absolute Gasteiger partial charge is 0.317 e. The minimum atomic E-state index is -1.50. The van der Waals surface area contributed by atoms with Crippen molar-refractivity contribution in [3.63, 3.8) is 0 Å². The zero-order chi connectivity index (χ0) is 15.8. The number of hydrogen-bond acceptors (Lipinski definition) is 4. The van der Waals surface area contributed by atoms with Gasteiger partial charge in [-0.2, -0.15) is 0 Å². The molecule has 0 aromatic heterocycles. The number of carbonyl (C=O) groups excluding carboxylic acids is 1. The molecule has 1 unspecified atom stereocenters. The highest BCUT2D eigenvalue weighted by Gasteiger charge is 2.27. The van der Waals surface area contributed by atoms with Crippen molar-refractivity contribution in [2.45, 2.75) is 51.7 Å². The zero-order valence-corrected chi connectivity index (χ0v) is 12.4. The number of carbonyl (C=O) groups is 2. The van der Waals surface area contributed by atoms with Crippen LogP contribution in [0.4, 0.5) is 4.79 Å². The minimum Gasteiger partial charge on any atom is -0.481 e. The second-order valence-corrected chi connectivity index (χ2v) is 5.11. The Labute approximate surface area is 119 Å². The Kier molecular flexibility index (Phi) is 8.17. The van der Waals surface area contributed by atoms with E-state index in [-0.39, 0.29) is 25.7 Å². The van der Waals surface area contributed by atoms with E-state index >= 15 is 0 Å². The molecule has 0 fully saturated rings. The van der Waals surface area contributed by atoms with E-state index in [0.717, 1.165) is 12.8 Å². The van der Waals surface area contributed by atoms with Gasteiger partial charge in [0.2, 0.25) is 0 Å². The van der Waals surface area contributed by atoms with E-state index < -0.39 is 24.0 Å². The molecule has 0 aromatic rings. The number of aliphatic hydroxyl groups is 2. The second kappa shape index (κ2) is 8.76. The molecule has 4 N–H and O–H groups in total. The first-order chi connectivity index (χ1) is 9.27. The molecule has 0 radical (unpaired) electrons. The molecule has 0 saturated carbocycles. The van der Waals surface area contributed by atoms with Crippen LogP contribution in [0.15, 0.2) is 0 Å². The highest BCUT2D eigenvalue weighted by Crippen LogP contribution is 2.11. The van der Waals surface area contributed by atoms with Crippen LogP contribution in [0.5, 0.6) is 0 Å². The third-order valence-electron chi connectivity index (χ3n) is 3.14. The summed E-state index contributed by atoms with van der Waals surface area (Å²) in [6.45, 7) is 5.17. The summed E-state index contributed by atoms with van der Waals surface area (Å²) in [6.07, 6.45) is 1.07. The van der Waals surface area contributed by atoms with Gasteiger partial charge in [-0.1, -0.05) is 13.8 Å². The van der Waals surface area contributed by atoms with E-state index in [1.54, 1.807) is 0 Å². The van der Waals surface area contributed by atoms with Crippen LogP contribution in [0.3, 0.4) is 0 Å². The summed E-state index contributed by atoms with van der Waals surface area (Å²) in [5, 5.41) is 30.0. The molecule has 0 heterocycles. The molecular formula is C13H26N2O5. The van der Waals surface area contributed by atoms with Gasteiger partial charge >= 0.3 is 12.0 Å². The normalized spacial score (nSPS) is 13.9. The fourth-order valence-electron chi connectivity index (χ4n) is 2.04. The molecule has 7 nitrogen and oxygen atoms in total. The molecule has 0 rings (SSSR count). The van der Waals surface area contributed by atoms with E-state index in [4.69, 9.17) is 10.2 Å². The number of aliphatic carboxylic acids is 1. The van der Waals surface area contributed by atoms with Crippen molar-refractivity contribution < 1.29 is 24.9 Å². The summed E-state index contributed by atoms with van der Waals surface area (Å²) >= 11 is 0. The van der Waals surface area contributed by atoms with E-state index in [1.165, 1.54) is 11.8 Å². The Morgan fingerprint density at radius 1 is 1.30 bits per heavy atom. The fraction of sp³-hybridized carbons (Fsp3) is 0.846. The zero-order valence-electron chi connectivity index (χ0n) is 12.4. The molecule has 0 aliphatic carbocycles. The lowest BCUT2D eigenvalue weighted by Gasteiger charge is -2.31. The maximum atomic E-state index is 12.1. The van der Waals surface area contributed by atoms with Gasteiger partial charge in [0, 0.05) is 19.1 Å². The number of aliphatic hydroxyl groups excluding tert-OH is 1. The van der Waals surface area contributed by atoms with Crippen LogP contribution in [0.2, 0.25) is 0 Å². The molecule has 118 valence electrons. The average Bonchev–Trinajstić information content (AvgIpc) is 2.35. The van der Waals surface area contributed by atoms with Crippen molar-refractivity contribution in [1.29, 1.82) is 0 Å². The SMILES string of the molecule is CCC(CC)N(CCO)C(=O)NCC(C)(O)CC(=O)O. The van der Waals surface area contributed by atoms with Crippen LogP contribution in [-0.2, 0) is 4.79 Å². The Bertz CT molecular complexity index is 316. The van der Waals surface area contributed by atoms with Crippen molar-refractivity contribution >= 4 is 12.0 Å². The van der Waals surface area contributed by atoms with Gasteiger partial charge in [0.1, 0.15) is 0 Å². The molecule has 0 bridgehead atoms. The number of nitrogens with one attached hydrogen (secondary N) is 1. The van der Waals surface area contributed by atoms with Crippen molar-refractivity contribution in [2.75, 3.05) is 19.7 Å². The summed E-state index contributed by atoms with van der Waals surface area (Å²) < 4.78 is 0. The Balaban J connectivity index is 4.57. The van der Waals surface area contributed by atoms with Gasteiger partial charge in [-0.3, -0.25) is 4.79 Å². The quantitative estimate of drug-likeness (QED) is 0.491. The number of amides is 2. The molecule has 7 heteroatoms. The molecule has 0 aliphatic heterocycles. The average molecular weight is 290 g/mol. The molecule has 0 aromatic carbocycles. The predicted molar refractivity (Wildman–Crippen MR) is 74.4 cm³/mol. The largest absolute Gasteiger partial charge is 0.481 e. The van der Waals surface area contributed by atoms with Crippen LogP contribution in [-0.4, -0.2) is 63.6 Å². The van der Waals surface area contributed by atoms with Gasteiger partial charge in [0.05, 0.1) is 18.6 Å². The van der Waals surface area contributed by atoms with Crippen LogP contribution < -0.4 is 5.32 Å². The molecule has 20 heavy (non-hydrogen) atoms. The van der Waals surface area contributed by atoms with Crippen molar-refractivity contribution in [3.05, 3.63) is 0 Å². The first-order valence-corrected chi connectivity index (χ1v) is 6.86. The van der Waals surface area contributed by atoms with Gasteiger partial charge in [-0.15, -0.1) is 0 Å². The van der Waals surface area contributed by atoms with Crippen LogP contribution >= 0.6 is 0 Å². The highest BCUT2D eigenvalue weighted by atomic mass is 16.4. The lowest BCUT2D eigenvalue weighted by Crippen LogP contribution is -2.51. The summed E-state index contributed by atoms with van der Waals surface area (Å²) in [6, 6.07) is -0.398. The molecule has 0 aliphatic rings. The standard InChI is InChI=1S/C13H26N2O5/c1-4-10(5-2)15(6-7-16)12(19)14-9-13(3,20)8-11(17)18/h10,16,20H,4-9H2,1-3H3,(H,14,19)(H,17,18). The number of carboxylic acids is 1. The van der Waals surface area contributed by atoms with Gasteiger partial charge in [-0.05, 0) is 19.8 Å². The number of rotatable bonds is 9. The Morgan fingerprint density at radius 3 is 2.25 bits per heavy atom. The number of urea groups is 1. The summed E-state index contributed by atoms with van der Waals surface area (Å²) in [4.78, 5) is 24.2. The van der Waals surface area contributed by atoms with Gasteiger partial charge in [0.25, 0.3) is 0 Å². The topological polar surface area (TPSA) is 110 Å². The van der Waals surface area contributed by atoms with Gasteiger partial charge in [-0.25, -0.2) is 4.79 Å². The summed E-state index contributed by atoms with van der Waals surface area (Å²) in [5.41, 5.74) is -1.50. The van der Waals surface area contributed by atoms with Crippen molar-refractivity contribution in [1.82, 2.24) is 10.2 Å². The number of carboxylic acid groups (broad SMARTS) is 1. The Morgan fingerprint density at radius 2 is 1.85 bits per heavy atom. The fourth-order valence-corrected chi connectivity index (χ4v) is 2.04. The van der Waals surface area contributed by atoms with Crippen LogP contribution in [0.25, 0.3) is 0 Å². The minimum absolute atomic E-state index is 0.00609. The van der Waals surface area contributed by atoms with E-state index in [0.29, 0.717) is 0 Å². The van der Waals surface area contributed by atoms with E-state index in [2.05, 4.69) is 5.32 Å². The first-order valence-electron chi connectivity index (χ1n) is 6.86. The number of nitrogens with zero attached hydrogens (tertiary/aromatic N) is 1. The third kappa shape index (κ3) is 6.72. The monoisotopic (exact) mass is 290 g/mol. The van der Waals surface area contributed by atoms with Crippen molar-refractivity contribution in [3.8, 4) is 0 Å². The molecular weight excluding hydrogens is 264 g/mol. The van der Waals surface area contributed by atoms with E-state index in [9.17, 15) is 14.7 Å². The Hall–Kier alpha value is -1.34. The van der Waals surface area contributed by atoms with E-state index in [1.807, 2.05) is 13.8 Å².